The van der Waals surface area contributed by atoms with Crippen LogP contribution in [0.3, 0.4) is 0 Å². The zero-order chi connectivity index (χ0) is 15.4. The molecule has 1 N–H and O–H groups in total. The van der Waals surface area contributed by atoms with Crippen LogP contribution in [0.4, 0.5) is 11.4 Å². The molecule has 1 heterocycles. The molecule has 0 spiro atoms. The molecule has 1 saturated heterocycles. The molecule has 0 aromatic heterocycles. The number of anilines is 1. The van der Waals surface area contributed by atoms with Crippen molar-refractivity contribution in [2.24, 2.45) is 5.92 Å². The Hall–Kier alpha value is -2.11. The van der Waals surface area contributed by atoms with Gasteiger partial charge in [0.25, 0.3) is 5.69 Å². The SMILES string of the molecule is CCCC1CCN(c2cc([N+](=O)[O-])ccc2C(=O)O)CC1. The number of aromatic carboxylic acids is 1. The van der Waals surface area contributed by atoms with Crippen LogP contribution in [-0.4, -0.2) is 29.1 Å². The van der Waals surface area contributed by atoms with Crippen LogP contribution in [0, 0.1) is 16.0 Å². The van der Waals surface area contributed by atoms with E-state index < -0.39 is 10.9 Å². The molecule has 114 valence electrons. The van der Waals surface area contributed by atoms with Crippen LogP contribution in [0.2, 0.25) is 0 Å². The van der Waals surface area contributed by atoms with Gasteiger partial charge in [0.15, 0.2) is 0 Å². The van der Waals surface area contributed by atoms with Crippen LogP contribution < -0.4 is 4.90 Å². The van der Waals surface area contributed by atoms with Gasteiger partial charge < -0.3 is 10.0 Å². The van der Waals surface area contributed by atoms with E-state index in [9.17, 15) is 20.0 Å². The number of benzene rings is 1. The lowest BCUT2D eigenvalue weighted by Crippen LogP contribution is -2.34. The molecule has 2 rings (SSSR count). The summed E-state index contributed by atoms with van der Waals surface area (Å²) in [6, 6.07) is 3.95. The maximum Gasteiger partial charge on any atom is 0.337 e. The maximum atomic E-state index is 11.3. The summed E-state index contributed by atoms with van der Waals surface area (Å²) in [5, 5.41) is 20.2. The van der Waals surface area contributed by atoms with Crippen molar-refractivity contribution in [3.8, 4) is 0 Å². The zero-order valence-electron chi connectivity index (χ0n) is 12.1. The van der Waals surface area contributed by atoms with E-state index in [2.05, 4.69) is 6.92 Å². The second kappa shape index (κ2) is 6.56. The summed E-state index contributed by atoms with van der Waals surface area (Å²) < 4.78 is 0. The van der Waals surface area contributed by atoms with Crippen LogP contribution in [-0.2, 0) is 0 Å². The largest absolute Gasteiger partial charge is 0.478 e. The molecule has 0 atom stereocenters. The van der Waals surface area contributed by atoms with Gasteiger partial charge in [-0.15, -0.1) is 0 Å². The van der Waals surface area contributed by atoms with Crippen molar-refractivity contribution < 1.29 is 14.8 Å². The van der Waals surface area contributed by atoms with Gasteiger partial charge in [-0.3, -0.25) is 10.1 Å². The summed E-state index contributed by atoms with van der Waals surface area (Å²) in [6.45, 7) is 3.67. The fourth-order valence-electron chi connectivity index (χ4n) is 2.95. The van der Waals surface area contributed by atoms with Crippen molar-refractivity contribution in [2.45, 2.75) is 32.6 Å². The number of carbonyl (C=O) groups is 1. The number of carboxylic acid groups (broad SMARTS) is 1. The van der Waals surface area contributed by atoms with Gasteiger partial charge in [0, 0.05) is 25.2 Å². The monoisotopic (exact) mass is 292 g/mol. The number of rotatable bonds is 5. The molecule has 0 bridgehead atoms. The lowest BCUT2D eigenvalue weighted by atomic mass is 9.92. The van der Waals surface area contributed by atoms with Gasteiger partial charge in [-0.05, 0) is 24.8 Å². The Morgan fingerprint density at radius 2 is 2.10 bits per heavy atom. The molecule has 0 radical (unpaired) electrons. The highest BCUT2D eigenvalue weighted by Crippen LogP contribution is 2.31. The summed E-state index contributed by atoms with van der Waals surface area (Å²) in [7, 11) is 0. The standard InChI is InChI=1S/C15H20N2O4/c1-2-3-11-6-8-16(9-7-11)14-10-12(17(20)21)4-5-13(14)15(18)19/h4-5,10-11H,2-3,6-9H2,1H3,(H,18,19). The average molecular weight is 292 g/mol. The van der Waals surface area contributed by atoms with Crippen LogP contribution >= 0.6 is 0 Å². The van der Waals surface area contributed by atoms with E-state index in [1.807, 2.05) is 4.90 Å². The predicted octanol–water partition coefficient (Wildman–Crippen LogP) is 3.31. The molecule has 0 saturated carbocycles. The Balaban J connectivity index is 2.23. The maximum absolute atomic E-state index is 11.3. The molecular weight excluding hydrogens is 272 g/mol. The van der Waals surface area contributed by atoms with E-state index in [0.29, 0.717) is 11.6 Å². The van der Waals surface area contributed by atoms with Gasteiger partial charge in [-0.1, -0.05) is 19.8 Å². The normalized spacial score (nSPS) is 16.0. The minimum absolute atomic E-state index is 0.0642. The van der Waals surface area contributed by atoms with E-state index in [4.69, 9.17) is 0 Å². The van der Waals surface area contributed by atoms with Gasteiger partial charge in [-0.2, -0.15) is 0 Å². The molecular formula is C15H20N2O4. The third kappa shape index (κ3) is 3.51. The first kappa shape index (κ1) is 15.3. The number of carboxylic acids is 1. The van der Waals surface area contributed by atoms with Gasteiger partial charge >= 0.3 is 5.97 Å². The summed E-state index contributed by atoms with van der Waals surface area (Å²) >= 11 is 0. The molecule has 0 aliphatic carbocycles. The van der Waals surface area contributed by atoms with Gasteiger partial charge in [0.2, 0.25) is 0 Å². The molecule has 1 aromatic carbocycles. The Morgan fingerprint density at radius 3 is 2.62 bits per heavy atom. The van der Waals surface area contributed by atoms with Crippen LogP contribution in [0.25, 0.3) is 0 Å². The number of nitrogens with zero attached hydrogens (tertiary/aromatic N) is 2. The van der Waals surface area contributed by atoms with Crippen molar-refractivity contribution in [2.75, 3.05) is 18.0 Å². The molecule has 1 aliphatic heterocycles. The van der Waals surface area contributed by atoms with E-state index in [1.54, 1.807) is 0 Å². The van der Waals surface area contributed by atoms with E-state index >= 15 is 0 Å². The lowest BCUT2D eigenvalue weighted by molar-refractivity contribution is -0.384. The molecule has 0 unspecified atom stereocenters. The third-order valence-electron chi connectivity index (χ3n) is 4.07. The highest BCUT2D eigenvalue weighted by atomic mass is 16.6. The van der Waals surface area contributed by atoms with Crippen molar-refractivity contribution in [1.29, 1.82) is 0 Å². The van der Waals surface area contributed by atoms with Crippen molar-refractivity contribution in [1.82, 2.24) is 0 Å². The number of hydrogen-bond acceptors (Lipinski definition) is 4. The highest BCUT2D eigenvalue weighted by molar-refractivity contribution is 5.95. The van der Waals surface area contributed by atoms with Gasteiger partial charge in [0.05, 0.1) is 16.2 Å². The van der Waals surface area contributed by atoms with Crippen LogP contribution in [0.1, 0.15) is 43.0 Å². The molecule has 21 heavy (non-hydrogen) atoms. The summed E-state index contributed by atoms with van der Waals surface area (Å²) in [5.74, 6) is -0.367. The quantitative estimate of drug-likeness (QED) is 0.665. The fourth-order valence-corrected chi connectivity index (χ4v) is 2.95. The third-order valence-corrected chi connectivity index (χ3v) is 4.07. The highest BCUT2D eigenvalue weighted by Gasteiger charge is 2.24. The second-order valence-electron chi connectivity index (χ2n) is 5.48. The van der Waals surface area contributed by atoms with Crippen molar-refractivity contribution >= 4 is 17.3 Å². The Morgan fingerprint density at radius 1 is 1.43 bits per heavy atom. The van der Waals surface area contributed by atoms with Gasteiger partial charge in [0.1, 0.15) is 0 Å². The van der Waals surface area contributed by atoms with Gasteiger partial charge in [-0.25, -0.2) is 4.79 Å². The summed E-state index contributed by atoms with van der Waals surface area (Å²) in [6.07, 6.45) is 4.36. The van der Waals surface area contributed by atoms with Crippen molar-refractivity contribution in [3.05, 3.63) is 33.9 Å². The second-order valence-corrected chi connectivity index (χ2v) is 5.48. The fraction of sp³-hybridized carbons (Fsp3) is 0.533. The topological polar surface area (TPSA) is 83.7 Å². The summed E-state index contributed by atoms with van der Waals surface area (Å²) in [4.78, 5) is 23.7. The number of nitro benzene ring substituents is 1. The van der Waals surface area contributed by atoms with E-state index in [0.717, 1.165) is 32.4 Å². The molecule has 1 aromatic rings. The zero-order valence-corrected chi connectivity index (χ0v) is 12.1. The molecule has 1 aliphatic rings. The molecule has 1 fully saturated rings. The number of piperidine rings is 1. The first-order valence-corrected chi connectivity index (χ1v) is 7.29. The van der Waals surface area contributed by atoms with Crippen molar-refractivity contribution in [3.63, 3.8) is 0 Å². The number of non-ortho nitro benzene ring substituents is 1. The van der Waals surface area contributed by atoms with E-state index in [-0.39, 0.29) is 11.3 Å². The van der Waals surface area contributed by atoms with Crippen LogP contribution in [0.5, 0.6) is 0 Å². The first-order chi connectivity index (χ1) is 10.0. The summed E-state index contributed by atoms with van der Waals surface area (Å²) in [5.41, 5.74) is 0.534. The Bertz CT molecular complexity index is 536. The average Bonchev–Trinajstić information content (AvgIpc) is 2.47. The minimum atomic E-state index is -1.05. The van der Waals surface area contributed by atoms with Crippen LogP contribution in [0.15, 0.2) is 18.2 Å². The number of nitro groups is 1. The number of hydrogen-bond donors (Lipinski definition) is 1. The Labute approximate surface area is 123 Å². The molecule has 0 amide bonds. The lowest BCUT2D eigenvalue weighted by Gasteiger charge is -2.34. The Kier molecular flexibility index (Phi) is 4.77. The first-order valence-electron chi connectivity index (χ1n) is 7.29. The smallest absolute Gasteiger partial charge is 0.337 e. The van der Waals surface area contributed by atoms with E-state index in [1.165, 1.54) is 24.6 Å². The predicted molar refractivity (Wildman–Crippen MR) is 79.9 cm³/mol. The minimum Gasteiger partial charge on any atom is -0.478 e. The molecule has 6 heteroatoms. The molecule has 6 nitrogen and oxygen atoms in total.